The zero-order valence-corrected chi connectivity index (χ0v) is 12.9. The number of carbonyl (C=O) groups is 1. The largest absolute Gasteiger partial charge is 0.323 e. The van der Waals surface area contributed by atoms with Crippen LogP contribution in [0, 0.1) is 17.8 Å². The van der Waals surface area contributed by atoms with Gasteiger partial charge in [-0.1, -0.05) is 34.6 Å². The number of amides is 1. The zero-order valence-electron chi connectivity index (χ0n) is 12.9. The molecule has 0 aliphatic carbocycles. The van der Waals surface area contributed by atoms with Crippen LogP contribution < -0.4 is 5.32 Å². The minimum atomic E-state index is -0.391. The van der Waals surface area contributed by atoms with E-state index in [9.17, 15) is 4.79 Å². The van der Waals surface area contributed by atoms with Crippen molar-refractivity contribution < 1.29 is 4.79 Å². The Morgan fingerprint density at radius 1 is 1.11 bits per heavy atom. The van der Waals surface area contributed by atoms with Gasteiger partial charge in [0.1, 0.15) is 5.82 Å². The summed E-state index contributed by atoms with van der Waals surface area (Å²) in [6.07, 6.45) is 5.15. The number of nitrogens with zero attached hydrogens (tertiary/aromatic N) is 2. The maximum Gasteiger partial charge on any atom is 0.230 e. The third kappa shape index (κ3) is 5.37. The quantitative estimate of drug-likeness (QED) is 0.903. The summed E-state index contributed by atoms with van der Waals surface area (Å²) in [5, 5.41) is 2.88. The van der Waals surface area contributed by atoms with Crippen LogP contribution in [0.4, 0.5) is 5.69 Å². The highest BCUT2D eigenvalue weighted by Crippen LogP contribution is 2.31. The van der Waals surface area contributed by atoms with Crippen molar-refractivity contribution in [1.82, 2.24) is 9.97 Å². The Kier molecular flexibility index (Phi) is 4.66. The molecule has 4 nitrogen and oxygen atoms in total. The van der Waals surface area contributed by atoms with Crippen LogP contribution in [0.15, 0.2) is 12.4 Å². The summed E-state index contributed by atoms with van der Waals surface area (Å²) in [4.78, 5) is 20.4. The first-order valence-corrected chi connectivity index (χ1v) is 6.70. The normalized spacial score (nSPS) is 12.3. The molecule has 0 aliphatic rings. The first-order chi connectivity index (χ1) is 8.60. The molecule has 1 heterocycles. The van der Waals surface area contributed by atoms with E-state index < -0.39 is 5.41 Å². The van der Waals surface area contributed by atoms with Crippen molar-refractivity contribution in [2.24, 2.45) is 10.8 Å². The van der Waals surface area contributed by atoms with Crippen LogP contribution in [0.1, 0.15) is 53.3 Å². The topological polar surface area (TPSA) is 54.9 Å². The molecule has 1 N–H and O–H groups in total. The molecule has 1 aromatic rings. The minimum absolute atomic E-state index is 0.0178. The lowest BCUT2D eigenvalue weighted by Crippen LogP contribution is -2.31. The third-order valence-electron chi connectivity index (χ3n) is 3.15. The van der Waals surface area contributed by atoms with E-state index in [2.05, 4.69) is 36.1 Å². The van der Waals surface area contributed by atoms with Gasteiger partial charge in [-0.25, -0.2) is 9.97 Å². The number of rotatable bonds is 4. The van der Waals surface area contributed by atoms with Crippen molar-refractivity contribution in [2.45, 2.75) is 54.4 Å². The third-order valence-corrected chi connectivity index (χ3v) is 3.15. The molecule has 0 saturated heterocycles. The van der Waals surface area contributed by atoms with Crippen LogP contribution in [-0.2, 0) is 4.79 Å². The Balaban J connectivity index is 2.63. The SMILES string of the molecule is Cc1ncc(NC(=O)C(C)(C)CCC(C)(C)C)cn1. The zero-order chi connectivity index (χ0) is 14.7. The summed E-state index contributed by atoms with van der Waals surface area (Å²) < 4.78 is 0. The van der Waals surface area contributed by atoms with Crippen molar-refractivity contribution >= 4 is 11.6 Å². The molecule has 1 amide bonds. The second kappa shape index (κ2) is 5.68. The average molecular weight is 263 g/mol. The predicted molar refractivity (Wildman–Crippen MR) is 77.9 cm³/mol. The number of hydrogen-bond acceptors (Lipinski definition) is 3. The van der Waals surface area contributed by atoms with Gasteiger partial charge in [-0.2, -0.15) is 0 Å². The smallest absolute Gasteiger partial charge is 0.230 e. The second-order valence-corrected chi connectivity index (χ2v) is 6.92. The first kappa shape index (κ1) is 15.6. The van der Waals surface area contributed by atoms with Crippen molar-refractivity contribution in [3.8, 4) is 0 Å². The molecule has 19 heavy (non-hydrogen) atoms. The van der Waals surface area contributed by atoms with Crippen LogP contribution in [0.3, 0.4) is 0 Å². The maximum atomic E-state index is 12.3. The molecule has 0 radical (unpaired) electrons. The van der Waals surface area contributed by atoms with Gasteiger partial charge in [-0.15, -0.1) is 0 Å². The van der Waals surface area contributed by atoms with Gasteiger partial charge in [-0.3, -0.25) is 4.79 Å². The molecule has 0 aromatic carbocycles. The molecule has 1 aromatic heterocycles. The maximum absolute atomic E-state index is 12.3. The number of hydrogen-bond donors (Lipinski definition) is 1. The molecule has 0 spiro atoms. The number of aromatic nitrogens is 2. The second-order valence-electron chi connectivity index (χ2n) is 6.92. The van der Waals surface area contributed by atoms with Gasteiger partial charge in [0.05, 0.1) is 18.1 Å². The number of anilines is 1. The number of carbonyl (C=O) groups excluding carboxylic acids is 1. The number of aryl methyl sites for hydroxylation is 1. The average Bonchev–Trinajstić information content (AvgIpc) is 2.29. The van der Waals surface area contributed by atoms with E-state index in [4.69, 9.17) is 0 Å². The molecule has 0 aliphatic heterocycles. The van der Waals surface area contributed by atoms with E-state index in [1.54, 1.807) is 12.4 Å². The van der Waals surface area contributed by atoms with Crippen LogP contribution in [-0.4, -0.2) is 15.9 Å². The Hall–Kier alpha value is -1.45. The fourth-order valence-electron chi connectivity index (χ4n) is 1.56. The van der Waals surface area contributed by atoms with E-state index >= 15 is 0 Å². The molecule has 1 rings (SSSR count). The molecule has 0 unspecified atom stereocenters. The minimum Gasteiger partial charge on any atom is -0.323 e. The highest BCUT2D eigenvalue weighted by molar-refractivity contribution is 5.94. The van der Waals surface area contributed by atoms with Crippen LogP contribution >= 0.6 is 0 Å². The van der Waals surface area contributed by atoms with Crippen LogP contribution in [0.25, 0.3) is 0 Å². The number of nitrogens with one attached hydrogen (secondary N) is 1. The van der Waals surface area contributed by atoms with Gasteiger partial charge >= 0.3 is 0 Å². The van der Waals surface area contributed by atoms with E-state index in [-0.39, 0.29) is 11.3 Å². The highest BCUT2D eigenvalue weighted by Gasteiger charge is 2.29. The van der Waals surface area contributed by atoms with E-state index in [1.165, 1.54) is 0 Å². The molecular formula is C15H25N3O. The lowest BCUT2D eigenvalue weighted by Gasteiger charge is -2.27. The molecule has 0 bridgehead atoms. The van der Waals surface area contributed by atoms with Crippen molar-refractivity contribution in [3.63, 3.8) is 0 Å². The van der Waals surface area contributed by atoms with Crippen LogP contribution in [0.2, 0.25) is 0 Å². The highest BCUT2D eigenvalue weighted by atomic mass is 16.2. The molecule has 4 heteroatoms. The van der Waals surface area contributed by atoms with Gasteiger partial charge < -0.3 is 5.32 Å². The Bertz CT molecular complexity index is 430. The van der Waals surface area contributed by atoms with Crippen molar-refractivity contribution in [2.75, 3.05) is 5.32 Å². The van der Waals surface area contributed by atoms with Crippen molar-refractivity contribution in [3.05, 3.63) is 18.2 Å². The molecule has 0 saturated carbocycles. The summed E-state index contributed by atoms with van der Waals surface area (Å²) in [6, 6.07) is 0. The summed E-state index contributed by atoms with van der Waals surface area (Å²) in [7, 11) is 0. The first-order valence-electron chi connectivity index (χ1n) is 6.70. The summed E-state index contributed by atoms with van der Waals surface area (Å²) in [5.74, 6) is 0.717. The van der Waals surface area contributed by atoms with E-state index in [1.807, 2.05) is 20.8 Å². The van der Waals surface area contributed by atoms with Gasteiger partial charge in [0.15, 0.2) is 0 Å². The van der Waals surface area contributed by atoms with E-state index in [0.717, 1.165) is 12.8 Å². The Labute approximate surface area is 116 Å². The van der Waals surface area contributed by atoms with Gasteiger partial charge in [0.25, 0.3) is 0 Å². The van der Waals surface area contributed by atoms with Gasteiger partial charge in [0, 0.05) is 5.41 Å². The standard InChI is InChI=1S/C15H25N3O/c1-11-16-9-12(10-17-11)18-13(19)15(5,6)8-7-14(2,3)4/h9-10H,7-8H2,1-6H3,(H,18,19). The van der Waals surface area contributed by atoms with E-state index in [0.29, 0.717) is 11.5 Å². The predicted octanol–water partition coefficient (Wildman–Crippen LogP) is 3.58. The monoisotopic (exact) mass is 263 g/mol. The molecule has 106 valence electrons. The summed E-state index contributed by atoms with van der Waals surface area (Å²) >= 11 is 0. The Morgan fingerprint density at radius 3 is 2.11 bits per heavy atom. The van der Waals surface area contributed by atoms with Gasteiger partial charge in [-0.05, 0) is 25.2 Å². The summed E-state index contributed by atoms with van der Waals surface area (Å²) in [5.41, 5.74) is 0.502. The van der Waals surface area contributed by atoms with Gasteiger partial charge in [0.2, 0.25) is 5.91 Å². The van der Waals surface area contributed by atoms with Crippen LogP contribution in [0.5, 0.6) is 0 Å². The molecule has 0 fully saturated rings. The lowest BCUT2D eigenvalue weighted by molar-refractivity contribution is -0.124. The Morgan fingerprint density at radius 2 is 1.63 bits per heavy atom. The van der Waals surface area contributed by atoms with Crippen molar-refractivity contribution in [1.29, 1.82) is 0 Å². The lowest BCUT2D eigenvalue weighted by atomic mass is 9.79. The fourth-order valence-corrected chi connectivity index (χ4v) is 1.56. The summed E-state index contributed by atoms with van der Waals surface area (Å²) in [6.45, 7) is 12.3. The molecular weight excluding hydrogens is 238 g/mol. The fraction of sp³-hybridized carbons (Fsp3) is 0.667. The molecule has 0 atom stereocenters.